The van der Waals surface area contributed by atoms with Crippen molar-refractivity contribution in [3.63, 3.8) is 0 Å². The quantitative estimate of drug-likeness (QED) is 0.234. The van der Waals surface area contributed by atoms with Crippen LogP contribution in [0.5, 0.6) is 0 Å². The van der Waals surface area contributed by atoms with E-state index in [1.807, 2.05) is 36.4 Å². The third kappa shape index (κ3) is 5.38. The first-order valence-corrected chi connectivity index (χ1v) is 12.9. The summed E-state index contributed by atoms with van der Waals surface area (Å²) in [5, 5.41) is 6.81. The van der Waals surface area contributed by atoms with Gasteiger partial charge in [-0.15, -0.1) is 11.3 Å². The number of fused-ring (bicyclic) bond motifs is 1. The lowest BCUT2D eigenvalue weighted by molar-refractivity contribution is 0.483. The van der Waals surface area contributed by atoms with E-state index in [0.717, 1.165) is 26.5 Å². The van der Waals surface area contributed by atoms with Crippen molar-refractivity contribution in [1.82, 2.24) is 19.9 Å². The van der Waals surface area contributed by atoms with Gasteiger partial charge in [-0.05, 0) is 78.7 Å². The van der Waals surface area contributed by atoms with Gasteiger partial charge < -0.3 is 10.6 Å². The average molecular weight is 525 g/mol. The van der Waals surface area contributed by atoms with Gasteiger partial charge in [0.05, 0.1) is 15.1 Å². The number of hydrogen-bond acceptors (Lipinski definition) is 9. The molecule has 0 aliphatic rings. The molecular weight excluding hydrogens is 508 g/mol. The molecule has 0 radical (unpaired) electrons. The largest absolute Gasteiger partial charge is 0.324 e. The molecule has 0 atom stereocenters. The van der Waals surface area contributed by atoms with E-state index in [0.29, 0.717) is 5.69 Å². The molecule has 2 aromatic heterocycles. The number of halogens is 1. The zero-order valence-electron chi connectivity index (χ0n) is 18.1. The molecule has 0 unspecified atom stereocenters. The van der Waals surface area contributed by atoms with Gasteiger partial charge in [0.15, 0.2) is 0 Å². The lowest BCUT2D eigenvalue weighted by atomic mass is 10.2. The van der Waals surface area contributed by atoms with Crippen LogP contribution in [-0.4, -0.2) is 32.9 Å². The number of rotatable bonds is 6. The summed E-state index contributed by atoms with van der Waals surface area (Å²) in [5.74, 6) is 0.294. The van der Waals surface area contributed by atoms with Crippen LogP contribution in [0, 0.1) is 6.92 Å². The van der Waals surface area contributed by atoms with E-state index in [4.69, 9.17) is 16.6 Å². The van der Waals surface area contributed by atoms with Crippen molar-refractivity contribution in [2.75, 3.05) is 10.6 Å². The maximum atomic E-state index is 11.4. The summed E-state index contributed by atoms with van der Waals surface area (Å²) in [5.41, 5.74) is 4.24. The molecule has 0 aliphatic carbocycles. The maximum Gasteiger partial charge on any atom is 0.294 e. The van der Waals surface area contributed by atoms with Crippen molar-refractivity contribution < 1.29 is 13.0 Å². The Bertz CT molecular complexity index is 1660. The van der Waals surface area contributed by atoms with Gasteiger partial charge in [-0.2, -0.15) is 23.4 Å². The van der Waals surface area contributed by atoms with Crippen LogP contribution in [0.1, 0.15) is 5.56 Å². The highest BCUT2D eigenvalue weighted by Crippen LogP contribution is 2.31. The van der Waals surface area contributed by atoms with Crippen molar-refractivity contribution in [3.05, 3.63) is 77.6 Å². The van der Waals surface area contributed by atoms with E-state index in [1.54, 1.807) is 17.4 Å². The molecule has 0 bridgehead atoms. The third-order valence-corrected chi connectivity index (χ3v) is 7.01. The molecule has 3 aromatic carbocycles. The molecule has 0 saturated carbocycles. The van der Waals surface area contributed by atoms with Gasteiger partial charge in [0.1, 0.15) is 5.01 Å². The smallest absolute Gasteiger partial charge is 0.294 e. The first-order chi connectivity index (χ1) is 16.7. The average Bonchev–Trinajstić information content (AvgIpc) is 3.22. The number of aryl methyl sites for hydroxylation is 1. The highest BCUT2D eigenvalue weighted by Gasteiger charge is 2.12. The Morgan fingerprint density at radius 2 is 1.57 bits per heavy atom. The topological polar surface area (TPSA) is 130 Å². The van der Waals surface area contributed by atoms with Crippen LogP contribution in [0.2, 0.25) is 5.28 Å². The Labute approximate surface area is 209 Å². The SMILES string of the molecule is Cc1ccc2nc(-c3ccc(Nc4nc(Cl)nc(Nc5cccc(S(=O)(=O)O)c5)n4)cc3)sc2c1. The fraction of sp³-hybridized carbons (Fsp3) is 0.0435. The number of anilines is 4. The molecule has 2 heterocycles. The van der Waals surface area contributed by atoms with E-state index < -0.39 is 10.1 Å². The van der Waals surface area contributed by atoms with Gasteiger partial charge in [-0.3, -0.25) is 4.55 Å². The lowest BCUT2D eigenvalue weighted by Gasteiger charge is -2.09. The second kappa shape index (κ2) is 9.19. The molecule has 5 rings (SSSR count). The minimum atomic E-state index is -4.34. The number of nitrogens with zero attached hydrogens (tertiary/aromatic N) is 4. The Morgan fingerprint density at radius 1 is 0.857 bits per heavy atom. The van der Waals surface area contributed by atoms with E-state index in [1.165, 1.54) is 23.8 Å². The van der Waals surface area contributed by atoms with Crippen LogP contribution < -0.4 is 10.6 Å². The zero-order valence-corrected chi connectivity index (χ0v) is 20.5. The second-order valence-corrected chi connectivity index (χ2v) is 10.4. The number of thiazole rings is 1. The lowest BCUT2D eigenvalue weighted by Crippen LogP contribution is -2.05. The van der Waals surface area contributed by atoms with Crippen molar-refractivity contribution in [3.8, 4) is 10.6 Å². The van der Waals surface area contributed by atoms with E-state index in [9.17, 15) is 13.0 Å². The number of aromatic nitrogens is 4. The molecule has 0 amide bonds. The standard InChI is InChI=1S/C23H17ClN6O3S2/c1-13-5-10-18-19(11-13)34-20(27-18)14-6-8-15(9-7-14)25-22-28-21(24)29-23(30-22)26-16-3-2-4-17(12-16)35(31,32)33/h2-12H,1H3,(H,31,32,33)(H2,25,26,28,29,30). The van der Waals surface area contributed by atoms with Gasteiger partial charge in [0.2, 0.25) is 17.2 Å². The molecule has 0 aliphatic heterocycles. The minimum Gasteiger partial charge on any atom is -0.324 e. The Morgan fingerprint density at radius 3 is 2.29 bits per heavy atom. The van der Waals surface area contributed by atoms with Gasteiger partial charge in [-0.25, -0.2) is 4.98 Å². The molecular formula is C23H17ClN6O3S2. The molecule has 0 spiro atoms. The highest BCUT2D eigenvalue weighted by molar-refractivity contribution is 7.85. The summed E-state index contributed by atoms with van der Waals surface area (Å²) in [6.07, 6.45) is 0. The van der Waals surface area contributed by atoms with Crippen molar-refractivity contribution in [2.45, 2.75) is 11.8 Å². The van der Waals surface area contributed by atoms with Crippen LogP contribution in [-0.2, 0) is 10.1 Å². The Balaban J connectivity index is 1.35. The molecule has 0 saturated heterocycles. The van der Waals surface area contributed by atoms with Crippen molar-refractivity contribution in [2.24, 2.45) is 0 Å². The first kappa shape index (κ1) is 23.1. The summed E-state index contributed by atoms with van der Waals surface area (Å²) in [7, 11) is -4.34. The Kier molecular flexibility index (Phi) is 6.07. The first-order valence-electron chi connectivity index (χ1n) is 10.2. The van der Waals surface area contributed by atoms with Crippen LogP contribution >= 0.6 is 22.9 Å². The van der Waals surface area contributed by atoms with Gasteiger partial charge in [0, 0.05) is 16.9 Å². The van der Waals surface area contributed by atoms with E-state index in [-0.39, 0.29) is 22.1 Å². The second-order valence-electron chi connectivity index (χ2n) is 7.57. The minimum absolute atomic E-state index is 0.0580. The van der Waals surface area contributed by atoms with E-state index >= 15 is 0 Å². The predicted octanol–water partition coefficient (Wildman–Crippen LogP) is 5.84. The fourth-order valence-electron chi connectivity index (χ4n) is 3.31. The molecule has 9 nitrogen and oxygen atoms in total. The van der Waals surface area contributed by atoms with E-state index in [2.05, 4.69) is 38.6 Å². The number of hydrogen-bond donors (Lipinski definition) is 3. The van der Waals surface area contributed by atoms with Gasteiger partial charge in [-0.1, -0.05) is 12.1 Å². The molecule has 35 heavy (non-hydrogen) atoms. The third-order valence-electron chi connectivity index (χ3n) is 4.93. The Hall–Kier alpha value is -3.64. The zero-order chi connectivity index (χ0) is 24.6. The van der Waals surface area contributed by atoms with Crippen molar-refractivity contribution >= 4 is 66.5 Å². The van der Waals surface area contributed by atoms with Crippen LogP contribution in [0.25, 0.3) is 20.8 Å². The summed E-state index contributed by atoms with van der Waals surface area (Å²) < 4.78 is 33.1. The monoisotopic (exact) mass is 524 g/mol. The molecule has 12 heteroatoms. The number of benzene rings is 3. The summed E-state index contributed by atoms with van der Waals surface area (Å²) in [6, 6.07) is 19.5. The summed E-state index contributed by atoms with van der Waals surface area (Å²) in [6.45, 7) is 2.06. The van der Waals surface area contributed by atoms with Crippen LogP contribution in [0.3, 0.4) is 0 Å². The molecule has 176 valence electrons. The van der Waals surface area contributed by atoms with Gasteiger partial charge >= 0.3 is 0 Å². The van der Waals surface area contributed by atoms with Crippen LogP contribution in [0.15, 0.2) is 71.6 Å². The summed E-state index contributed by atoms with van der Waals surface area (Å²) >= 11 is 7.69. The molecule has 3 N–H and O–H groups in total. The maximum absolute atomic E-state index is 11.4. The summed E-state index contributed by atoms with van der Waals surface area (Å²) in [4.78, 5) is 16.8. The van der Waals surface area contributed by atoms with Crippen LogP contribution in [0.4, 0.5) is 23.3 Å². The normalized spacial score (nSPS) is 11.5. The highest BCUT2D eigenvalue weighted by atomic mass is 35.5. The van der Waals surface area contributed by atoms with Crippen molar-refractivity contribution in [1.29, 1.82) is 0 Å². The number of nitrogens with one attached hydrogen (secondary N) is 2. The van der Waals surface area contributed by atoms with Gasteiger partial charge in [0.25, 0.3) is 10.1 Å². The molecule has 5 aromatic rings. The fourth-order valence-corrected chi connectivity index (χ4v) is 5.06. The predicted molar refractivity (Wildman–Crippen MR) is 137 cm³/mol. The molecule has 0 fully saturated rings.